The van der Waals surface area contributed by atoms with Crippen LogP contribution in [0.1, 0.15) is 27.2 Å². The average molecular weight is 231 g/mol. The number of rotatable bonds is 4. The van der Waals surface area contributed by atoms with Crippen molar-refractivity contribution in [2.75, 3.05) is 14.2 Å². The second kappa shape index (κ2) is 5.12. The Hall–Kier alpha value is -0.650. The van der Waals surface area contributed by atoms with E-state index in [-0.39, 0.29) is 24.0 Å². The van der Waals surface area contributed by atoms with E-state index in [1.807, 2.05) is 6.92 Å². The molecule has 1 aliphatic heterocycles. The first-order valence-corrected chi connectivity index (χ1v) is 5.55. The first-order valence-electron chi connectivity index (χ1n) is 5.55. The summed E-state index contributed by atoms with van der Waals surface area (Å²) >= 11 is 0. The molecule has 1 fully saturated rings. The summed E-state index contributed by atoms with van der Waals surface area (Å²) in [6.45, 7) is 5.50. The van der Waals surface area contributed by atoms with E-state index in [2.05, 4.69) is 12.2 Å². The van der Waals surface area contributed by atoms with Crippen molar-refractivity contribution in [3.8, 4) is 0 Å². The second-order valence-corrected chi connectivity index (χ2v) is 4.14. The lowest BCUT2D eigenvalue weighted by Crippen LogP contribution is -2.53. The Morgan fingerprint density at radius 1 is 1.50 bits per heavy atom. The maximum atomic E-state index is 11.2. The molecular formula is C11H21NO4. The van der Waals surface area contributed by atoms with E-state index >= 15 is 0 Å². The molecule has 1 heterocycles. The molecule has 5 nitrogen and oxygen atoms in total. The molecule has 1 N–H and O–H groups in total. The molecule has 1 saturated heterocycles. The van der Waals surface area contributed by atoms with E-state index in [1.165, 1.54) is 14.0 Å². The van der Waals surface area contributed by atoms with Gasteiger partial charge < -0.3 is 19.5 Å². The summed E-state index contributed by atoms with van der Waals surface area (Å²) in [5, 5.41) is 2.72. The lowest BCUT2D eigenvalue weighted by Gasteiger charge is -2.31. The molecule has 0 bridgehead atoms. The van der Waals surface area contributed by atoms with Crippen LogP contribution in [0.4, 0.5) is 0 Å². The molecule has 0 aromatic heterocycles. The van der Waals surface area contributed by atoms with Crippen LogP contribution in [-0.2, 0) is 19.0 Å². The zero-order valence-corrected chi connectivity index (χ0v) is 10.6. The van der Waals surface area contributed by atoms with Crippen LogP contribution in [0.5, 0.6) is 0 Å². The molecule has 0 aromatic carbocycles. The molecule has 4 atom stereocenters. The van der Waals surface area contributed by atoms with Crippen molar-refractivity contribution in [3.05, 3.63) is 0 Å². The second-order valence-electron chi connectivity index (χ2n) is 4.14. The van der Waals surface area contributed by atoms with Crippen molar-refractivity contribution in [2.24, 2.45) is 11.8 Å². The van der Waals surface area contributed by atoms with Gasteiger partial charge in [0.05, 0.1) is 0 Å². The van der Waals surface area contributed by atoms with Crippen molar-refractivity contribution in [3.63, 3.8) is 0 Å². The van der Waals surface area contributed by atoms with Gasteiger partial charge in [0.2, 0.25) is 5.91 Å². The number of methoxy groups -OCH3 is 2. The Morgan fingerprint density at radius 3 is 2.44 bits per heavy atom. The highest BCUT2D eigenvalue weighted by molar-refractivity contribution is 5.73. The largest absolute Gasteiger partial charge is 0.355 e. The van der Waals surface area contributed by atoms with E-state index in [0.29, 0.717) is 0 Å². The van der Waals surface area contributed by atoms with E-state index in [4.69, 9.17) is 14.2 Å². The van der Waals surface area contributed by atoms with Gasteiger partial charge in [-0.3, -0.25) is 4.79 Å². The molecule has 5 heteroatoms. The van der Waals surface area contributed by atoms with Gasteiger partial charge in [-0.15, -0.1) is 0 Å². The van der Waals surface area contributed by atoms with Gasteiger partial charge in [-0.25, -0.2) is 0 Å². The molecule has 0 radical (unpaired) electrons. The quantitative estimate of drug-likeness (QED) is 0.736. The minimum atomic E-state index is -1.06. The lowest BCUT2D eigenvalue weighted by molar-refractivity contribution is -0.280. The van der Waals surface area contributed by atoms with Gasteiger partial charge in [-0.05, 0) is 6.42 Å². The van der Waals surface area contributed by atoms with Crippen molar-refractivity contribution in [1.29, 1.82) is 0 Å². The minimum absolute atomic E-state index is 0.0383. The Morgan fingerprint density at radius 2 is 2.12 bits per heavy atom. The van der Waals surface area contributed by atoms with E-state index in [0.717, 1.165) is 6.42 Å². The highest BCUT2D eigenvalue weighted by Crippen LogP contribution is 2.41. The van der Waals surface area contributed by atoms with Crippen LogP contribution in [0.3, 0.4) is 0 Å². The molecule has 0 spiro atoms. The first-order chi connectivity index (χ1) is 7.50. The third-order valence-corrected chi connectivity index (χ3v) is 3.24. The summed E-state index contributed by atoms with van der Waals surface area (Å²) in [5.74, 6) is -0.999. The number of carbonyl (C=O) groups is 1. The number of ether oxygens (including phenoxy) is 3. The van der Waals surface area contributed by atoms with Crippen molar-refractivity contribution < 1.29 is 19.0 Å². The van der Waals surface area contributed by atoms with Gasteiger partial charge in [0.1, 0.15) is 0 Å². The molecule has 1 rings (SSSR count). The summed E-state index contributed by atoms with van der Waals surface area (Å²) in [7, 11) is 3.12. The topological polar surface area (TPSA) is 56.8 Å². The predicted octanol–water partition coefficient (Wildman–Crippen LogP) is 1.09. The van der Waals surface area contributed by atoms with E-state index < -0.39 is 5.91 Å². The summed E-state index contributed by atoms with van der Waals surface area (Å²) in [5.41, 5.74) is 0. The fourth-order valence-corrected chi connectivity index (χ4v) is 2.33. The maximum Gasteiger partial charge on any atom is 0.256 e. The number of nitrogens with one attached hydrogen (secondary N) is 1. The van der Waals surface area contributed by atoms with Crippen LogP contribution in [-0.4, -0.2) is 32.3 Å². The fourth-order valence-electron chi connectivity index (χ4n) is 2.33. The molecule has 1 aliphatic rings. The number of hydrogen-bond acceptors (Lipinski definition) is 4. The highest BCUT2D eigenvalue weighted by Gasteiger charge is 2.53. The van der Waals surface area contributed by atoms with Gasteiger partial charge >= 0.3 is 0 Å². The molecule has 0 saturated carbocycles. The third-order valence-electron chi connectivity index (χ3n) is 3.24. The van der Waals surface area contributed by atoms with Gasteiger partial charge in [0, 0.05) is 33.0 Å². The summed E-state index contributed by atoms with van der Waals surface area (Å²) in [6, 6.07) is 0. The van der Waals surface area contributed by atoms with Crippen LogP contribution in [0.25, 0.3) is 0 Å². The zero-order valence-electron chi connectivity index (χ0n) is 10.6. The molecule has 16 heavy (non-hydrogen) atoms. The standard InChI is InChI=1S/C11H21NO4/c1-6-9-7(2)11(15-5,12-8(3)13)16-10(9)14-4/h7,9-10H,6H2,1-5H3,(H,12,13). The van der Waals surface area contributed by atoms with Crippen LogP contribution in [0, 0.1) is 11.8 Å². The van der Waals surface area contributed by atoms with Gasteiger partial charge in [-0.1, -0.05) is 13.8 Å². The Bertz CT molecular complexity index is 258. The average Bonchev–Trinajstić information content (AvgIpc) is 2.51. The molecule has 0 aromatic rings. The summed E-state index contributed by atoms with van der Waals surface area (Å²) in [6.07, 6.45) is 0.566. The highest BCUT2D eigenvalue weighted by atomic mass is 16.8. The van der Waals surface area contributed by atoms with Crippen LogP contribution in [0.2, 0.25) is 0 Å². The van der Waals surface area contributed by atoms with E-state index in [9.17, 15) is 4.79 Å². The Balaban J connectivity index is 2.90. The van der Waals surface area contributed by atoms with Crippen LogP contribution in [0.15, 0.2) is 0 Å². The number of carbonyl (C=O) groups excluding carboxylic acids is 1. The molecule has 1 amide bonds. The molecule has 94 valence electrons. The van der Waals surface area contributed by atoms with Crippen molar-refractivity contribution in [1.82, 2.24) is 5.32 Å². The van der Waals surface area contributed by atoms with Gasteiger partial charge in [0.15, 0.2) is 6.29 Å². The molecule has 0 aliphatic carbocycles. The molecule has 4 unspecified atom stereocenters. The summed E-state index contributed by atoms with van der Waals surface area (Å²) in [4.78, 5) is 11.2. The zero-order chi connectivity index (χ0) is 12.3. The summed E-state index contributed by atoms with van der Waals surface area (Å²) < 4.78 is 16.3. The lowest BCUT2D eigenvalue weighted by atomic mass is 9.90. The Labute approximate surface area is 96.4 Å². The van der Waals surface area contributed by atoms with Crippen molar-refractivity contribution in [2.45, 2.75) is 39.4 Å². The monoisotopic (exact) mass is 231 g/mol. The third kappa shape index (κ3) is 2.21. The SMILES string of the molecule is CCC1C(OC)OC(NC(C)=O)(OC)C1C. The van der Waals surface area contributed by atoms with Crippen LogP contribution < -0.4 is 5.32 Å². The number of hydrogen-bond donors (Lipinski definition) is 1. The Kier molecular flexibility index (Phi) is 4.29. The van der Waals surface area contributed by atoms with Gasteiger partial charge in [-0.2, -0.15) is 0 Å². The van der Waals surface area contributed by atoms with Gasteiger partial charge in [0.25, 0.3) is 5.91 Å². The fraction of sp³-hybridized carbons (Fsp3) is 0.909. The molecular weight excluding hydrogens is 210 g/mol. The maximum absolute atomic E-state index is 11.2. The predicted molar refractivity (Wildman–Crippen MR) is 58.4 cm³/mol. The van der Waals surface area contributed by atoms with Crippen molar-refractivity contribution >= 4 is 5.91 Å². The first kappa shape index (κ1) is 13.4. The van der Waals surface area contributed by atoms with Crippen LogP contribution >= 0.6 is 0 Å². The van der Waals surface area contributed by atoms with E-state index in [1.54, 1.807) is 7.11 Å². The smallest absolute Gasteiger partial charge is 0.256 e. The minimum Gasteiger partial charge on any atom is -0.355 e. The number of amides is 1. The normalized spacial score (nSPS) is 38.7.